The minimum Gasteiger partial charge on any atom is -0.485 e. The molecule has 0 atom stereocenters. The zero-order valence-electron chi connectivity index (χ0n) is 11.6. The van der Waals surface area contributed by atoms with E-state index in [4.69, 9.17) is 32.7 Å². The van der Waals surface area contributed by atoms with Gasteiger partial charge in [0.1, 0.15) is 17.4 Å². The lowest BCUT2D eigenvalue weighted by molar-refractivity contribution is 0.199. The van der Waals surface area contributed by atoms with Crippen LogP contribution in [0.2, 0.25) is 10.0 Å². The van der Waals surface area contributed by atoms with Gasteiger partial charge in [0, 0.05) is 36.7 Å². The molecule has 2 rings (SSSR count). The van der Waals surface area contributed by atoms with Crippen molar-refractivity contribution in [2.75, 3.05) is 20.3 Å². The molecule has 0 saturated heterocycles. The van der Waals surface area contributed by atoms with Gasteiger partial charge in [-0.15, -0.1) is 11.3 Å². The smallest absolute Gasteiger partial charge is 0.140 e. The van der Waals surface area contributed by atoms with Crippen molar-refractivity contribution in [1.29, 1.82) is 0 Å². The number of ether oxygens (including phenoxy) is 2. The van der Waals surface area contributed by atoms with Gasteiger partial charge in [-0.2, -0.15) is 0 Å². The first-order chi connectivity index (χ1) is 10.2. The maximum absolute atomic E-state index is 6.04. The Kier molecular flexibility index (Phi) is 6.73. The van der Waals surface area contributed by atoms with Crippen molar-refractivity contribution in [3.63, 3.8) is 0 Å². The van der Waals surface area contributed by atoms with Crippen molar-refractivity contribution in [2.45, 2.75) is 13.2 Å². The molecule has 0 fully saturated rings. The van der Waals surface area contributed by atoms with Crippen LogP contribution < -0.4 is 10.1 Å². The van der Waals surface area contributed by atoms with Gasteiger partial charge < -0.3 is 14.8 Å². The van der Waals surface area contributed by atoms with Crippen LogP contribution in [0.25, 0.3) is 0 Å². The van der Waals surface area contributed by atoms with Gasteiger partial charge in [0.2, 0.25) is 0 Å². The van der Waals surface area contributed by atoms with E-state index < -0.39 is 0 Å². The Bertz CT molecular complexity index is 578. The summed E-state index contributed by atoms with van der Waals surface area (Å²) in [5, 5.41) is 7.29. The van der Waals surface area contributed by atoms with Crippen LogP contribution in [-0.4, -0.2) is 25.2 Å². The average Bonchev–Trinajstić information content (AvgIpc) is 2.92. The molecule has 114 valence electrons. The zero-order chi connectivity index (χ0) is 15.1. The Balaban J connectivity index is 1.83. The third kappa shape index (κ3) is 5.45. The number of halogens is 2. The second-order valence-electron chi connectivity index (χ2n) is 4.27. The van der Waals surface area contributed by atoms with Crippen molar-refractivity contribution >= 4 is 34.5 Å². The number of methoxy groups -OCH3 is 1. The highest BCUT2D eigenvalue weighted by atomic mass is 35.5. The molecule has 0 aliphatic heterocycles. The fourth-order valence-corrected chi connectivity index (χ4v) is 2.65. The van der Waals surface area contributed by atoms with Gasteiger partial charge in [-0.25, -0.2) is 4.98 Å². The lowest BCUT2D eigenvalue weighted by atomic mass is 10.3. The first kappa shape index (κ1) is 16.5. The minimum absolute atomic E-state index is 0.378. The molecule has 0 aliphatic carbocycles. The van der Waals surface area contributed by atoms with E-state index in [0.717, 1.165) is 23.8 Å². The summed E-state index contributed by atoms with van der Waals surface area (Å²) in [4.78, 5) is 4.49. The van der Waals surface area contributed by atoms with Crippen LogP contribution >= 0.6 is 34.5 Å². The van der Waals surface area contributed by atoms with Crippen LogP contribution in [0, 0.1) is 0 Å². The lowest BCUT2D eigenvalue weighted by Gasteiger charge is -2.06. The molecular formula is C14H16Cl2N2O2S. The molecular weight excluding hydrogens is 331 g/mol. The largest absolute Gasteiger partial charge is 0.485 e. The van der Waals surface area contributed by atoms with E-state index in [-0.39, 0.29) is 0 Å². The number of thiazole rings is 1. The van der Waals surface area contributed by atoms with Gasteiger partial charge in [0.05, 0.1) is 17.3 Å². The first-order valence-corrected chi connectivity index (χ1v) is 8.03. The molecule has 0 aliphatic rings. The first-order valence-electron chi connectivity index (χ1n) is 6.40. The molecule has 0 radical (unpaired) electrons. The molecule has 2 aromatic rings. The Morgan fingerprint density at radius 1 is 1.33 bits per heavy atom. The van der Waals surface area contributed by atoms with E-state index in [1.807, 2.05) is 5.38 Å². The van der Waals surface area contributed by atoms with Gasteiger partial charge >= 0.3 is 0 Å². The molecule has 0 unspecified atom stereocenters. The molecule has 7 heteroatoms. The average molecular weight is 347 g/mol. The maximum atomic E-state index is 6.04. The van der Waals surface area contributed by atoms with Crippen LogP contribution in [0.3, 0.4) is 0 Å². The lowest BCUT2D eigenvalue weighted by Crippen LogP contribution is -2.18. The van der Waals surface area contributed by atoms with Gasteiger partial charge in [0.25, 0.3) is 0 Å². The third-order valence-corrected chi connectivity index (χ3v) is 4.05. The predicted octanol–water partition coefficient (Wildman–Crippen LogP) is 3.76. The van der Waals surface area contributed by atoms with Crippen LogP contribution in [0.5, 0.6) is 5.75 Å². The van der Waals surface area contributed by atoms with Crippen molar-refractivity contribution < 1.29 is 9.47 Å². The second-order valence-corrected chi connectivity index (χ2v) is 6.05. The molecule has 0 amide bonds. The molecule has 1 aromatic carbocycles. The summed E-state index contributed by atoms with van der Waals surface area (Å²) in [7, 11) is 1.68. The number of benzene rings is 1. The number of rotatable bonds is 8. The van der Waals surface area contributed by atoms with Gasteiger partial charge in [-0.3, -0.25) is 0 Å². The summed E-state index contributed by atoms with van der Waals surface area (Å²) >= 11 is 13.5. The fourth-order valence-electron chi connectivity index (χ4n) is 1.61. The summed E-state index contributed by atoms with van der Waals surface area (Å²) in [6.07, 6.45) is 0. The Morgan fingerprint density at radius 2 is 2.19 bits per heavy atom. The quantitative estimate of drug-likeness (QED) is 0.739. The van der Waals surface area contributed by atoms with E-state index in [9.17, 15) is 0 Å². The van der Waals surface area contributed by atoms with Gasteiger partial charge in [0.15, 0.2) is 0 Å². The molecule has 1 aromatic heterocycles. The second kappa shape index (κ2) is 8.56. The summed E-state index contributed by atoms with van der Waals surface area (Å²) in [6, 6.07) is 5.14. The number of hydrogen-bond donors (Lipinski definition) is 1. The monoisotopic (exact) mass is 346 g/mol. The van der Waals surface area contributed by atoms with Crippen LogP contribution in [-0.2, 0) is 17.9 Å². The normalized spacial score (nSPS) is 10.8. The molecule has 0 bridgehead atoms. The van der Waals surface area contributed by atoms with Crippen LogP contribution in [0.4, 0.5) is 0 Å². The molecule has 1 heterocycles. The van der Waals surface area contributed by atoms with E-state index >= 15 is 0 Å². The van der Waals surface area contributed by atoms with Crippen molar-refractivity contribution in [3.8, 4) is 5.75 Å². The minimum atomic E-state index is 0.378. The molecule has 0 spiro atoms. The highest BCUT2D eigenvalue weighted by Crippen LogP contribution is 2.28. The van der Waals surface area contributed by atoms with Crippen LogP contribution in [0.15, 0.2) is 23.6 Å². The highest BCUT2D eigenvalue weighted by molar-refractivity contribution is 7.09. The van der Waals surface area contributed by atoms with Crippen molar-refractivity contribution in [1.82, 2.24) is 10.3 Å². The molecule has 21 heavy (non-hydrogen) atoms. The summed E-state index contributed by atoms with van der Waals surface area (Å²) in [6.45, 7) is 2.59. The predicted molar refractivity (Wildman–Crippen MR) is 86.5 cm³/mol. The Labute approximate surface area is 138 Å². The van der Waals surface area contributed by atoms with Gasteiger partial charge in [-0.05, 0) is 12.1 Å². The number of nitrogens with one attached hydrogen (secondary N) is 1. The number of aromatic nitrogens is 1. The van der Waals surface area contributed by atoms with Gasteiger partial charge in [-0.1, -0.05) is 23.2 Å². The van der Waals surface area contributed by atoms with E-state index in [1.54, 1.807) is 36.6 Å². The fraction of sp³-hybridized carbons (Fsp3) is 0.357. The Hall–Kier alpha value is -0.850. The number of nitrogens with zero attached hydrogens (tertiary/aromatic N) is 1. The molecule has 4 nitrogen and oxygen atoms in total. The summed E-state index contributed by atoms with van der Waals surface area (Å²) in [5.41, 5.74) is 0.992. The van der Waals surface area contributed by atoms with E-state index in [0.29, 0.717) is 29.0 Å². The van der Waals surface area contributed by atoms with Crippen molar-refractivity contribution in [3.05, 3.63) is 44.3 Å². The third-order valence-electron chi connectivity index (χ3n) is 2.63. The van der Waals surface area contributed by atoms with Crippen molar-refractivity contribution in [2.24, 2.45) is 0 Å². The standard InChI is InChI=1S/C14H16Cl2N2O2S/c1-19-5-4-17-7-11-9-21-14(18-11)8-20-13-6-10(15)2-3-12(13)16/h2-3,6,9,17H,4-5,7-8H2,1H3. The SMILES string of the molecule is COCCNCc1csc(COc2cc(Cl)ccc2Cl)n1. The van der Waals surface area contributed by atoms with E-state index in [2.05, 4.69) is 10.3 Å². The zero-order valence-corrected chi connectivity index (χ0v) is 13.9. The van der Waals surface area contributed by atoms with Crippen LogP contribution in [0.1, 0.15) is 10.7 Å². The summed E-state index contributed by atoms with van der Waals surface area (Å²) < 4.78 is 10.6. The number of hydrogen-bond acceptors (Lipinski definition) is 5. The maximum Gasteiger partial charge on any atom is 0.140 e. The Morgan fingerprint density at radius 3 is 3.00 bits per heavy atom. The highest BCUT2D eigenvalue weighted by Gasteiger charge is 2.06. The topological polar surface area (TPSA) is 43.4 Å². The molecule has 1 N–H and O–H groups in total. The van der Waals surface area contributed by atoms with E-state index in [1.165, 1.54) is 0 Å². The molecule has 0 saturated carbocycles. The summed E-state index contributed by atoms with van der Waals surface area (Å²) in [5.74, 6) is 0.569.